The summed E-state index contributed by atoms with van der Waals surface area (Å²) in [5.74, 6) is 0.707. The molecule has 9 aromatic rings. The summed E-state index contributed by atoms with van der Waals surface area (Å²) in [6.07, 6.45) is 0. The monoisotopic (exact) mass is 677 g/mol. The van der Waals surface area contributed by atoms with Crippen LogP contribution in [-0.2, 0) is 0 Å². The van der Waals surface area contributed by atoms with E-state index in [9.17, 15) is 0 Å². The van der Waals surface area contributed by atoms with Crippen molar-refractivity contribution in [2.75, 3.05) is 4.90 Å². The van der Waals surface area contributed by atoms with E-state index < -0.39 is 0 Å². The number of fused-ring (bicyclic) bond motifs is 1. The molecule has 0 bridgehead atoms. The van der Waals surface area contributed by atoms with Gasteiger partial charge in [0, 0.05) is 33.5 Å². The topological polar surface area (TPSA) is 29.0 Å². The lowest BCUT2D eigenvalue weighted by atomic mass is 10.00. The lowest BCUT2D eigenvalue weighted by Gasteiger charge is -2.27. The highest BCUT2D eigenvalue weighted by molar-refractivity contribution is 5.99. The van der Waals surface area contributed by atoms with Crippen molar-refractivity contribution in [3.05, 3.63) is 212 Å². The van der Waals surface area contributed by atoms with Gasteiger partial charge in [-0.05, 0) is 64.0 Å². The summed E-state index contributed by atoms with van der Waals surface area (Å²) in [5.41, 5.74) is 12.9. The predicted octanol–water partition coefficient (Wildman–Crippen LogP) is 13.4. The van der Waals surface area contributed by atoms with Gasteiger partial charge in [0.15, 0.2) is 5.82 Å². The molecule has 0 radical (unpaired) electrons. The highest BCUT2D eigenvalue weighted by atomic mass is 15.1. The second kappa shape index (κ2) is 14.3. The molecule has 53 heavy (non-hydrogen) atoms. The standard InChI is InChI=1S/C50H35N3/c1-4-13-36(14-5-1)37-23-27-41(28-24-37)47-35-48(52-50(51-47)43-16-6-2-7-17-43)42-29-25-38(26-30-42)39-31-33-45(34-32-39)53(44-19-8-3-9-20-44)49-22-12-18-40-15-10-11-21-46(40)49/h1-35H. The molecule has 0 amide bonds. The molecule has 1 aromatic heterocycles. The van der Waals surface area contributed by atoms with Gasteiger partial charge < -0.3 is 4.90 Å². The van der Waals surface area contributed by atoms with Gasteiger partial charge in [0.25, 0.3) is 0 Å². The molecule has 0 saturated carbocycles. The molecule has 0 saturated heterocycles. The highest BCUT2D eigenvalue weighted by Gasteiger charge is 2.16. The first kappa shape index (κ1) is 31.9. The maximum atomic E-state index is 5.06. The highest BCUT2D eigenvalue weighted by Crippen LogP contribution is 2.39. The minimum atomic E-state index is 0.707. The van der Waals surface area contributed by atoms with Crippen molar-refractivity contribution in [3.8, 4) is 56.2 Å². The van der Waals surface area contributed by atoms with E-state index in [4.69, 9.17) is 9.97 Å². The Kier molecular flexibility index (Phi) is 8.57. The number of anilines is 3. The molecule has 0 aliphatic carbocycles. The van der Waals surface area contributed by atoms with Crippen molar-refractivity contribution in [1.82, 2.24) is 9.97 Å². The number of para-hydroxylation sites is 1. The molecule has 3 heteroatoms. The fourth-order valence-electron chi connectivity index (χ4n) is 6.97. The van der Waals surface area contributed by atoms with E-state index in [0.29, 0.717) is 5.82 Å². The Morgan fingerprint density at radius 3 is 1.30 bits per heavy atom. The quantitative estimate of drug-likeness (QED) is 0.160. The maximum Gasteiger partial charge on any atom is 0.160 e. The van der Waals surface area contributed by atoms with Crippen molar-refractivity contribution in [2.24, 2.45) is 0 Å². The van der Waals surface area contributed by atoms with Crippen LogP contribution in [0.2, 0.25) is 0 Å². The van der Waals surface area contributed by atoms with Crippen LogP contribution in [0.3, 0.4) is 0 Å². The Morgan fingerprint density at radius 1 is 0.302 bits per heavy atom. The van der Waals surface area contributed by atoms with Crippen LogP contribution in [0.1, 0.15) is 0 Å². The van der Waals surface area contributed by atoms with E-state index in [2.05, 4.69) is 193 Å². The zero-order valence-corrected chi connectivity index (χ0v) is 29.0. The summed E-state index contributed by atoms with van der Waals surface area (Å²) < 4.78 is 0. The molecule has 1 heterocycles. The second-order valence-corrected chi connectivity index (χ2v) is 13.1. The molecule has 0 aliphatic rings. The molecule has 250 valence electrons. The van der Waals surface area contributed by atoms with Crippen molar-refractivity contribution >= 4 is 27.8 Å². The van der Waals surface area contributed by atoms with E-state index in [1.807, 2.05) is 24.3 Å². The van der Waals surface area contributed by atoms with Gasteiger partial charge >= 0.3 is 0 Å². The molecule has 0 unspecified atom stereocenters. The first-order valence-electron chi connectivity index (χ1n) is 17.9. The van der Waals surface area contributed by atoms with Gasteiger partial charge in [0.05, 0.1) is 17.1 Å². The largest absolute Gasteiger partial charge is 0.310 e. The number of hydrogen-bond donors (Lipinski definition) is 0. The maximum absolute atomic E-state index is 5.06. The molecular weight excluding hydrogens is 643 g/mol. The van der Waals surface area contributed by atoms with Gasteiger partial charge in [-0.2, -0.15) is 0 Å². The predicted molar refractivity (Wildman–Crippen MR) is 221 cm³/mol. The average Bonchev–Trinajstić information content (AvgIpc) is 3.25. The van der Waals surface area contributed by atoms with Gasteiger partial charge in [0.1, 0.15) is 0 Å². The fourth-order valence-corrected chi connectivity index (χ4v) is 6.97. The van der Waals surface area contributed by atoms with Gasteiger partial charge in [-0.1, -0.05) is 176 Å². The number of rotatable bonds is 8. The van der Waals surface area contributed by atoms with Crippen LogP contribution in [0.4, 0.5) is 17.1 Å². The van der Waals surface area contributed by atoms with Crippen molar-refractivity contribution < 1.29 is 0 Å². The summed E-state index contributed by atoms with van der Waals surface area (Å²) in [6, 6.07) is 74.5. The molecule has 0 aliphatic heterocycles. The van der Waals surface area contributed by atoms with Crippen molar-refractivity contribution in [1.29, 1.82) is 0 Å². The lowest BCUT2D eigenvalue weighted by molar-refractivity contribution is 1.18. The number of hydrogen-bond acceptors (Lipinski definition) is 3. The molecule has 8 aromatic carbocycles. The minimum absolute atomic E-state index is 0.707. The van der Waals surface area contributed by atoms with Gasteiger partial charge in [0.2, 0.25) is 0 Å². The van der Waals surface area contributed by atoms with Crippen LogP contribution in [0, 0.1) is 0 Å². The molecule has 0 fully saturated rings. The fraction of sp³-hybridized carbons (Fsp3) is 0. The van der Waals surface area contributed by atoms with E-state index >= 15 is 0 Å². The minimum Gasteiger partial charge on any atom is -0.310 e. The zero-order chi connectivity index (χ0) is 35.4. The van der Waals surface area contributed by atoms with Crippen LogP contribution < -0.4 is 4.90 Å². The van der Waals surface area contributed by atoms with Crippen molar-refractivity contribution in [2.45, 2.75) is 0 Å². The lowest BCUT2D eigenvalue weighted by Crippen LogP contribution is -2.10. The Morgan fingerprint density at radius 2 is 0.717 bits per heavy atom. The summed E-state index contributed by atoms with van der Waals surface area (Å²) >= 11 is 0. The van der Waals surface area contributed by atoms with Gasteiger partial charge in [-0.3, -0.25) is 0 Å². The van der Waals surface area contributed by atoms with Gasteiger partial charge in [-0.15, -0.1) is 0 Å². The first-order chi connectivity index (χ1) is 26.3. The van der Waals surface area contributed by atoms with E-state index in [1.54, 1.807) is 0 Å². The normalized spacial score (nSPS) is 11.0. The molecule has 0 spiro atoms. The Balaban J connectivity index is 1.04. The molecule has 0 N–H and O–H groups in total. The van der Waals surface area contributed by atoms with E-state index in [0.717, 1.165) is 56.3 Å². The average molecular weight is 678 g/mol. The van der Waals surface area contributed by atoms with Crippen LogP contribution in [0.15, 0.2) is 212 Å². The van der Waals surface area contributed by atoms with E-state index in [-0.39, 0.29) is 0 Å². The second-order valence-electron chi connectivity index (χ2n) is 13.1. The number of benzene rings is 8. The summed E-state index contributed by atoms with van der Waals surface area (Å²) in [6.45, 7) is 0. The molecule has 0 atom stereocenters. The Bertz CT molecular complexity index is 2610. The van der Waals surface area contributed by atoms with Crippen LogP contribution >= 0.6 is 0 Å². The Labute approximate surface area is 310 Å². The molecule has 9 rings (SSSR count). The van der Waals surface area contributed by atoms with E-state index in [1.165, 1.54) is 21.9 Å². The third kappa shape index (κ3) is 6.60. The zero-order valence-electron chi connectivity index (χ0n) is 29.0. The SMILES string of the molecule is c1ccc(-c2ccc(-c3cc(-c4ccc(-c5ccc(N(c6ccccc6)c6cccc7ccccc67)cc5)cc4)nc(-c4ccccc4)n3)cc2)cc1. The van der Waals surface area contributed by atoms with Crippen molar-refractivity contribution in [3.63, 3.8) is 0 Å². The third-order valence-corrected chi connectivity index (χ3v) is 9.71. The smallest absolute Gasteiger partial charge is 0.160 e. The van der Waals surface area contributed by atoms with Crippen LogP contribution in [-0.4, -0.2) is 9.97 Å². The summed E-state index contributed by atoms with van der Waals surface area (Å²) in [7, 11) is 0. The molecular formula is C50H35N3. The van der Waals surface area contributed by atoms with Gasteiger partial charge in [-0.25, -0.2) is 9.97 Å². The van der Waals surface area contributed by atoms with Crippen LogP contribution in [0.25, 0.3) is 66.9 Å². The Hall–Kier alpha value is -7.10. The number of aromatic nitrogens is 2. The molecule has 3 nitrogen and oxygen atoms in total. The summed E-state index contributed by atoms with van der Waals surface area (Å²) in [4.78, 5) is 12.4. The first-order valence-corrected chi connectivity index (χ1v) is 17.9. The third-order valence-electron chi connectivity index (χ3n) is 9.71. The van der Waals surface area contributed by atoms with Crippen LogP contribution in [0.5, 0.6) is 0 Å². The number of nitrogens with zero attached hydrogens (tertiary/aromatic N) is 3. The summed E-state index contributed by atoms with van der Waals surface area (Å²) in [5, 5.41) is 2.43.